The molecule has 0 saturated heterocycles. The number of rotatable bonds is 3. The lowest BCUT2D eigenvalue weighted by atomic mass is 9.96. The van der Waals surface area contributed by atoms with E-state index in [1.807, 2.05) is 12.1 Å². The molecule has 6 heteroatoms. The highest BCUT2D eigenvalue weighted by Crippen LogP contribution is 2.45. The molecule has 2 aliphatic rings. The highest BCUT2D eigenvalue weighted by Gasteiger charge is 2.33. The second-order valence-electron chi connectivity index (χ2n) is 6.39. The van der Waals surface area contributed by atoms with Gasteiger partial charge in [-0.3, -0.25) is 0 Å². The van der Waals surface area contributed by atoms with Crippen molar-refractivity contribution in [2.24, 2.45) is 0 Å². The molecule has 0 spiro atoms. The van der Waals surface area contributed by atoms with Crippen LogP contribution in [0.4, 0.5) is 4.39 Å². The van der Waals surface area contributed by atoms with Crippen molar-refractivity contribution in [3.8, 4) is 0 Å². The van der Waals surface area contributed by atoms with Gasteiger partial charge in [-0.25, -0.2) is 9.07 Å². The van der Waals surface area contributed by atoms with E-state index < -0.39 is 12.4 Å². The summed E-state index contributed by atoms with van der Waals surface area (Å²) in [6.45, 7) is 0. The molecule has 0 aliphatic heterocycles. The van der Waals surface area contributed by atoms with E-state index in [2.05, 4.69) is 27.7 Å². The fourth-order valence-electron chi connectivity index (χ4n) is 3.45. The number of aliphatic hydroxyl groups excluding tert-OH is 1. The van der Waals surface area contributed by atoms with Gasteiger partial charge in [0.1, 0.15) is 9.87 Å². The minimum Gasteiger partial charge on any atom is -0.368 e. The third-order valence-electron chi connectivity index (χ3n) is 4.79. The average molecular weight is 447 g/mol. The first-order valence-electron chi connectivity index (χ1n) is 7.92. The topological polar surface area (TPSA) is 38.0 Å². The van der Waals surface area contributed by atoms with E-state index in [-0.39, 0.29) is 0 Å². The second-order valence-corrected chi connectivity index (χ2v) is 7.82. The normalized spacial score (nSPS) is 22.0. The first-order chi connectivity index (χ1) is 11.1. The highest BCUT2D eigenvalue weighted by molar-refractivity contribution is 14.1. The molecule has 122 valence electrons. The molecule has 0 bridgehead atoms. The number of halogens is 3. The van der Waals surface area contributed by atoms with Crippen LogP contribution in [-0.4, -0.2) is 21.1 Å². The summed E-state index contributed by atoms with van der Waals surface area (Å²) in [5, 5.41) is 16.0. The van der Waals surface area contributed by atoms with Crippen LogP contribution in [0, 0.1) is 3.70 Å². The van der Waals surface area contributed by atoms with Gasteiger partial charge in [0.2, 0.25) is 0 Å². The third kappa shape index (κ3) is 2.81. The van der Waals surface area contributed by atoms with Crippen LogP contribution in [0.5, 0.6) is 0 Å². The Kier molecular flexibility index (Phi) is 4.14. The number of hydrogen-bond donors (Lipinski definition) is 1. The van der Waals surface area contributed by atoms with E-state index in [0.29, 0.717) is 30.2 Å². The van der Waals surface area contributed by atoms with Crippen LogP contribution in [0.3, 0.4) is 0 Å². The number of fused-ring (bicyclic) bond motifs is 1. The van der Waals surface area contributed by atoms with Crippen LogP contribution in [-0.2, 0) is 12.8 Å². The largest absolute Gasteiger partial charge is 0.368 e. The average Bonchev–Trinajstić information content (AvgIpc) is 3.31. The minimum absolute atomic E-state index is 0.311. The predicted octanol–water partition coefficient (Wildman–Crippen LogP) is 4.38. The fourth-order valence-corrected chi connectivity index (χ4v) is 4.54. The Morgan fingerprint density at radius 3 is 2.87 bits per heavy atom. The summed E-state index contributed by atoms with van der Waals surface area (Å²) in [7, 11) is 0. The van der Waals surface area contributed by atoms with Crippen molar-refractivity contribution in [3.63, 3.8) is 0 Å². The van der Waals surface area contributed by atoms with E-state index in [9.17, 15) is 9.50 Å². The Morgan fingerprint density at radius 1 is 1.35 bits per heavy atom. The van der Waals surface area contributed by atoms with Gasteiger partial charge in [-0.05, 0) is 65.8 Å². The molecule has 2 aliphatic carbocycles. The van der Waals surface area contributed by atoms with Crippen LogP contribution in [0.1, 0.15) is 53.8 Å². The third-order valence-corrected chi connectivity index (χ3v) is 5.98. The molecule has 4 rings (SSSR count). The van der Waals surface area contributed by atoms with Crippen molar-refractivity contribution in [1.29, 1.82) is 0 Å². The van der Waals surface area contributed by atoms with Gasteiger partial charge in [0.25, 0.3) is 0 Å². The Hall–Kier alpha value is -0.660. The zero-order valence-electron chi connectivity index (χ0n) is 12.5. The molecule has 23 heavy (non-hydrogen) atoms. The summed E-state index contributed by atoms with van der Waals surface area (Å²) in [4.78, 5) is 0. The van der Waals surface area contributed by atoms with Gasteiger partial charge in [-0.2, -0.15) is 5.10 Å². The number of benzene rings is 1. The monoisotopic (exact) mass is 446 g/mol. The van der Waals surface area contributed by atoms with Crippen molar-refractivity contribution >= 4 is 34.2 Å². The van der Waals surface area contributed by atoms with Gasteiger partial charge < -0.3 is 5.11 Å². The van der Waals surface area contributed by atoms with E-state index in [1.165, 1.54) is 0 Å². The van der Waals surface area contributed by atoms with E-state index in [1.54, 1.807) is 10.7 Å². The molecule has 1 fully saturated rings. The van der Waals surface area contributed by atoms with Gasteiger partial charge in [-0.15, -0.1) is 0 Å². The second kappa shape index (κ2) is 6.01. The molecular formula is C17H17ClFIN2O. The predicted molar refractivity (Wildman–Crippen MR) is 95.6 cm³/mol. The van der Waals surface area contributed by atoms with Crippen LogP contribution >= 0.6 is 34.2 Å². The smallest absolute Gasteiger partial charge is 0.175 e. The number of aliphatic hydroxyl groups is 1. The Morgan fingerprint density at radius 2 is 2.13 bits per heavy atom. The van der Waals surface area contributed by atoms with E-state index in [4.69, 9.17) is 11.6 Å². The van der Waals surface area contributed by atoms with Crippen LogP contribution in [0.2, 0.25) is 5.02 Å². The number of aromatic nitrogens is 2. The number of hydrogen-bond acceptors (Lipinski definition) is 2. The van der Waals surface area contributed by atoms with Gasteiger partial charge in [0, 0.05) is 28.3 Å². The summed E-state index contributed by atoms with van der Waals surface area (Å²) < 4.78 is 16.3. The lowest BCUT2D eigenvalue weighted by molar-refractivity contribution is 0.124. The maximum atomic E-state index is 13.9. The molecular weight excluding hydrogens is 430 g/mol. The lowest BCUT2D eigenvalue weighted by Gasteiger charge is -2.22. The summed E-state index contributed by atoms with van der Waals surface area (Å²) in [6, 6.07) is 5.75. The lowest BCUT2D eigenvalue weighted by Crippen LogP contribution is -2.22. The van der Waals surface area contributed by atoms with E-state index >= 15 is 0 Å². The summed E-state index contributed by atoms with van der Waals surface area (Å²) >= 11 is 8.56. The van der Waals surface area contributed by atoms with Crippen LogP contribution in [0.25, 0.3) is 0 Å². The van der Waals surface area contributed by atoms with Crippen molar-refractivity contribution in [2.45, 2.75) is 50.4 Å². The standard InChI is InChI=1S/C17H17ClFIN2O/c18-13-3-1-2-11(9-4-5-9)15(13)17(23)22-14-8-10(19)6-7-12(14)16(20)21-22/h1-3,9-10,17,23H,4-8H2. The quantitative estimate of drug-likeness (QED) is 0.711. The van der Waals surface area contributed by atoms with Gasteiger partial charge >= 0.3 is 0 Å². The van der Waals surface area contributed by atoms with Crippen molar-refractivity contribution in [1.82, 2.24) is 9.78 Å². The molecule has 1 heterocycles. The van der Waals surface area contributed by atoms with Crippen molar-refractivity contribution in [2.75, 3.05) is 0 Å². The Balaban J connectivity index is 1.80. The van der Waals surface area contributed by atoms with Gasteiger partial charge in [0.05, 0.1) is 0 Å². The fraction of sp³-hybridized carbons (Fsp3) is 0.471. The molecule has 3 nitrogen and oxygen atoms in total. The first-order valence-corrected chi connectivity index (χ1v) is 9.38. The number of nitrogens with zero attached hydrogens (tertiary/aromatic N) is 2. The number of alkyl halides is 1. The Bertz CT molecular complexity index is 759. The SMILES string of the molecule is OC(c1c(Cl)cccc1C1CC1)n1nc(I)c2c1CC(F)CC2. The van der Waals surface area contributed by atoms with Crippen LogP contribution in [0.15, 0.2) is 18.2 Å². The molecule has 2 aromatic rings. The summed E-state index contributed by atoms with van der Waals surface area (Å²) in [5.41, 5.74) is 3.69. The molecule has 0 amide bonds. The minimum atomic E-state index is -0.957. The Labute approximate surface area is 153 Å². The van der Waals surface area contributed by atoms with Gasteiger partial charge in [-0.1, -0.05) is 23.7 Å². The maximum absolute atomic E-state index is 13.9. The van der Waals surface area contributed by atoms with Gasteiger partial charge in [0.15, 0.2) is 6.23 Å². The molecule has 1 aromatic carbocycles. The molecule has 1 N–H and O–H groups in total. The summed E-state index contributed by atoms with van der Waals surface area (Å²) in [6.07, 6.45) is 1.95. The maximum Gasteiger partial charge on any atom is 0.175 e. The zero-order chi connectivity index (χ0) is 16.1. The molecule has 2 unspecified atom stereocenters. The molecule has 1 saturated carbocycles. The molecule has 1 aromatic heterocycles. The first kappa shape index (κ1) is 15.8. The zero-order valence-corrected chi connectivity index (χ0v) is 15.4. The molecule has 2 atom stereocenters. The van der Waals surface area contributed by atoms with Crippen molar-refractivity contribution in [3.05, 3.63) is 49.3 Å². The molecule has 0 radical (unpaired) electrons. The highest BCUT2D eigenvalue weighted by atomic mass is 127. The van der Waals surface area contributed by atoms with Crippen molar-refractivity contribution < 1.29 is 9.50 Å². The van der Waals surface area contributed by atoms with E-state index in [0.717, 1.165) is 38.9 Å². The van der Waals surface area contributed by atoms with Crippen LogP contribution < -0.4 is 0 Å². The summed E-state index contributed by atoms with van der Waals surface area (Å²) in [5.74, 6) is 0.470.